The highest BCUT2D eigenvalue weighted by Crippen LogP contribution is 2.32. The molecule has 2 aliphatic rings. The van der Waals surface area contributed by atoms with Crippen molar-refractivity contribution in [3.63, 3.8) is 0 Å². The molecule has 0 spiro atoms. The van der Waals surface area contributed by atoms with Crippen molar-refractivity contribution in [3.8, 4) is 0 Å². The summed E-state index contributed by atoms with van der Waals surface area (Å²) in [5.74, 6) is -0.561. The van der Waals surface area contributed by atoms with Crippen LogP contribution in [-0.2, 0) is 0 Å². The van der Waals surface area contributed by atoms with E-state index in [1.54, 1.807) is 24.3 Å². The Kier molecular flexibility index (Phi) is 6.63. The largest absolute Gasteiger partial charge is 0.367 e. The smallest absolute Gasteiger partial charge is 0.257 e. The number of halogens is 1. The Morgan fingerprint density at radius 2 is 1.66 bits per heavy atom. The Morgan fingerprint density at radius 1 is 0.886 bits per heavy atom. The van der Waals surface area contributed by atoms with Gasteiger partial charge in [-0.05, 0) is 55.4 Å². The minimum absolute atomic E-state index is 0.173. The van der Waals surface area contributed by atoms with Crippen LogP contribution in [0.2, 0.25) is 0 Å². The third-order valence-corrected chi connectivity index (χ3v) is 6.47. The minimum atomic E-state index is -0.209. The molecule has 35 heavy (non-hydrogen) atoms. The number of piperazine rings is 1. The SMILES string of the molecule is O=C(NCCCN1CCN(c2ccccc2F)CC1)c1ccc2c(c1)NC(=O)c1ccccc1N2. The summed E-state index contributed by atoms with van der Waals surface area (Å²) in [5.41, 5.74) is 3.77. The topological polar surface area (TPSA) is 76.7 Å². The maximum atomic E-state index is 14.0. The summed E-state index contributed by atoms with van der Waals surface area (Å²) >= 11 is 0. The number of fused-ring (bicyclic) bond motifs is 2. The van der Waals surface area contributed by atoms with Crippen LogP contribution in [0.5, 0.6) is 0 Å². The van der Waals surface area contributed by atoms with Crippen LogP contribution < -0.4 is 20.9 Å². The average Bonchev–Trinajstić information content (AvgIpc) is 3.02. The fourth-order valence-electron chi connectivity index (χ4n) is 4.55. The number of anilines is 4. The van der Waals surface area contributed by atoms with E-state index < -0.39 is 0 Å². The molecule has 3 aromatic rings. The van der Waals surface area contributed by atoms with Gasteiger partial charge in [0.05, 0.1) is 28.3 Å². The molecular weight excluding hydrogens is 445 g/mol. The lowest BCUT2D eigenvalue weighted by atomic mass is 10.1. The van der Waals surface area contributed by atoms with Crippen molar-refractivity contribution in [1.29, 1.82) is 0 Å². The molecule has 0 unspecified atom stereocenters. The monoisotopic (exact) mass is 473 g/mol. The van der Waals surface area contributed by atoms with Gasteiger partial charge in [0.1, 0.15) is 5.82 Å². The zero-order chi connectivity index (χ0) is 24.2. The van der Waals surface area contributed by atoms with Crippen LogP contribution in [0.25, 0.3) is 0 Å². The molecule has 0 saturated carbocycles. The first-order valence-electron chi connectivity index (χ1n) is 11.9. The lowest BCUT2D eigenvalue weighted by Crippen LogP contribution is -2.47. The maximum absolute atomic E-state index is 14.0. The van der Waals surface area contributed by atoms with E-state index in [1.165, 1.54) is 6.07 Å². The normalized spacial score (nSPS) is 15.3. The Hall–Kier alpha value is -3.91. The van der Waals surface area contributed by atoms with E-state index in [-0.39, 0.29) is 17.6 Å². The van der Waals surface area contributed by atoms with Gasteiger partial charge in [0.25, 0.3) is 11.8 Å². The van der Waals surface area contributed by atoms with Gasteiger partial charge in [-0.1, -0.05) is 24.3 Å². The first-order chi connectivity index (χ1) is 17.1. The minimum Gasteiger partial charge on any atom is -0.367 e. The van der Waals surface area contributed by atoms with Gasteiger partial charge >= 0.3 is 0 Å². The van der Waals surface area contributed by atoms with Crippen molar-refractivity contribution in [2.75, 3.05) is 54.8 Å². The predicted molar refractivity (Wildman–Crippen MR) is 136 cm³/mol. The molecule has 0 radical (unpaired) electrons. The number of benzene rings is 3. The second kappa shape index (κ2) is 10.1. The Bertz CT molecular complexity index is 1240. The molecule has 7 nitrogen and oxygen atoms in total. The highest BCUT2D eigenvalue weighted by Gasteiger charge is 2.21. The third-order valence-electron chi connectivity index (χ3n) is 6.47. The summed E-state index contributed by atoms with van der Waals surface area (Å²) in [7, 11) is 0. The first-order valence-corrected chi connectivity index (χ1v) is 11.9. The first kappa shape index (κ1) is 22.9. The number of carbonyl (C=O) groups excluding carboxylic acids is 2. The molecule has 2 heterocycles. The molecule has 2 amide bonds. The zero-order valence-corrected chi connectivity index (χ0v) is 19.4. The van der Waals surface area contributed by atoms with Gasteiger partial charge in [-0.25, -0.2) is 4.39 Å². The quantitative estimate of drug-likeness (QED) is 0.471. The van der Waals surface area contributed by atoms with Crippen molar-refractivity contribution in [3.05, 3.63) is 83.7 Å². The number of hydrogen-bond donors (Lipinski definition) is 3. The molecule has 180 valence electrons. The van der Waals surface area contributed by atoms with Crippen LogP contribution in [0.3, 0.4) is 0 Å². The van der Waals surface area contributed by atoms with Crippen molar-refractivity contribution >= 4 is 34.6 Å². The molecule has 1 fully saturated rings. The van der Waals surface area contributed by atoms with E-state index in [4.69, 9.17) is 0 Å². The highest BCUT2D eigenvalue weighted by molar-refractivity contribution is 6.12. The Balaban J connectivity index is 1.09. The van der Waals surface area contributed by atoms with E-state index >= 15 is 0 Å². The zero-order valence-electron chi connectivity index (χ0n) is 19.4. The summed E-state index contributed by atoms with van der Waals surface area (Å²) in [6, 6.07) is 19.5. The van der Waals surface area contributed by atoms with Crippen LogP contribution in [0.4, 0.5) is 27.1 Å². The third kappa shape index (κ3) is 5.12. The van der Waals surface area contributed by atoms with Crippen LogP contribution in [0.1, 0.15) is 27.1 Å². The van der Waals surface area contributed by atoms with E-state index in [0.717, 1.165) is 50.5 Å². The van der Waals surface area contributed by atoms with Crippen molar-refractivity contribution in [2.45, 2.75) is 6.42 Å². The molecular formula is C27H28FN5O2. The van der Waals surface area contributed by atoms with Crippen LogP contribution >= 0.6 is 0 Å². The maximum Gasteiger partial charge on any atom is 0.257 e. The van der Waals surface area contributed by atoms with E-state index in [1.807, 2.05) is 36.4 Å². The number of carbonyl (C=O) groups is 2. The molecule has 1 saturated heterocycles. The van der Waals surface area contributed by atoms with Gasteiger partial charge in [-0.3, -0.25) is 14.5 Å². The highest BCUT2D eigenvalue weighted by atomic mass is 19.1. The van der Waals surface area contributed by atoms with Crippen molar-refractivity contribution < 1.29 is 14.0 Å². The van der Waals surface area contributed by atoms with Gasteiger partial charge in [0, 0.05) is 38.3 Å². The standard InChI is InChI=1S/C27H28FN5O2/c28-21-7-2-4-9-25(21)33-16-14-32(15-17-33)13-5-12-29-26(34)19-10-11-23-24(18-19)31-27(35)20-6-1-3-8-22(20)30-23/h1-4,6-11,18,30H,5,12-17H2,(H,29,34)(H,31,35). The second-order valence-corrected chi connectivity index (χ2v) is 8.77. The summed E-state index contributed by atoms with van der Waals surface area (Å²) in [6.45, 7) is 4.72. The summed E-state index contributed by atoms with van der Waals surface area (Å²) in [4.78, 5) is 29.7. The van der Waals surface area contributed by atoms with Crippen molar-refractivity contribution in [2.24, 2.45) is 0 Å². The van der Waals surface area contributed by atoms with Gasteiger partial charge < -0.3 is 20.9 Å². The predicted octanol–water partition coefficient (Wildman–Crippen LogP) is 4.08. The number of amides is 2. The van der Waals surface area contributed by atoms with Crippen LogP contribution in [-0.4, -0.2) is 56.0 Å². The van der Waals surface area contributed by atoms with E-state index in [9.17, 15) is 14.0 Å². The molecule has 3 aromatic carbocycles. The molecule has 0 bridgehead atoms. The lowest BCUT2D eigenvalue weighted by molar-refractivity contribution is 0.0950. The Labute approximate surface area is 203 Å². The second-order valence-electron chi connectivity index (χ2n) is 8.77. The molecule has 0 aliphatic carbocycles. The molecule has 0 aromatic heterocycles. The van der Waals surface area contributed by atoms with Crippen LogP contribution in [0.15, 0.2) is 66.7 Å². The number of hydrogen-bond acceptors (Lipinski definition) is 5. The number of nitrogens with zero attached hydrogens (tertiary/aromatic N) is 2. The van der Waals surface area contributed by atoms with Gasteiger partial charge in [0.2, 0.25) is 0 Å². The number of rotatable bonds is 6. The molecule has 3 N–H and O–H groups in total. The molecule has 0 atom stereocenters. The van der Waals surface area contributed by atoms with Crippen LogP contribution in [0, 0.1) is 5.82 Å². The molecule has 5 rings (SSSR count). The molecule has 2 aliphatic heterocycles. The van der Waals surface area contributed by atoms with E-state index in [0.29, 0.717) is 29.0 Å². The lowest BCUT2D eigenvalue weighted by Gasteiger charge is -2.36. The Morgan fingerprint density at radius 3 is 2.49 bits per heavy atom. The van der Waals surface area contributed by atoms with E-state index in [2.05, 4.69) is 25.8 Å². The fraction of sp³-hybridized carbons (Fsp3) is 0.259. The average molecular weight is 474 g/mol. The van der Waals surface area contributed by atoms with Crippen molar-refractivity contribution in [1.82, 2.24) is 10.2 Å². The summed E-state index contributed by atoms with van der Waals surface area (Å²) < 4.78 is 14.0. The van der Waals surface area contributed by atoms with Gasteiger partial charge in [-0.15, -0.1) is 0 Å². The fourth-order valence-corrected chi connectivity index (χ4v) is 4.55. The number of para-hydroxylation sites is 2. The summed E-state index contributed by atoms with van der Waals surface area (Å²) in [5, 5.41) is 9.12. The number of nitrogens with one attached hydrogen (secondary N) is 3. The molecule has 8 heteroatoms. The van der Waals surface area contributed by atoms with Gasteiger partial charge in [0.15, 0.2) is 0 Å². The van der Waals surface area contributed by atoms with Gasteiger partial charge in [-0.2, -0.15) is 0 Å². The summed E-state index contributed by atoms with van der Waals surface area (Å²) in [6.07, 6.45) is 0.823.